The third-order valence-corrected chi connectivity index (χ3v) is 15.2. The number of aromatic nitrogens is 1. The summed E-state index contributed by atoms with van der Waals surface area (Å²) in [6, 6.07) is 47.3. The van der Waals surface area contributed by atoms with Crippen LogP contribution in [-0.2, 0) is 27.1 Å². The smallest absolute Gasteiger partial charge is 0.198 e. The van der Waals surface area contributed by atoms with E-state index in [0.717, 1.165) is 18.7 Å². The second kappa shape index (κ2) is 12.9. The molecule has 0 unspecified atom stereocenters. The molecule has 11 rings (SSSR count). The second-order valence-corrected chi connectivity index (χ2v) is 23.2. The van der Waals surface area contributed by atoms with E-state index in [0.29, 0.717) is 0 Å². The molecule has 2 aliphatic carbocycles. The Hall–Kier alpha value is -5.80. The van der Waals surface area contributed by atoms with Crippen molar-refractivity contribution in [2.45, 2.75) is 117 Å². The van der Waals surface area contributed by atoms with Crippen molar-refractivity contribution in [3.05, 3.63) is 160 Å². The van der Waals surface area contributed by atoms with E-state index in [4.69, 9.17) is 0 Å². The van der Waals surface area contributed by atoms with Gasteiger partial charge in [-0.1, -0.05) is 174 Å². The molecular weight excluding hydrogens is 759 g/mol. The fraction of sp³-hybridized carbons (Fsp3) is 0.300. The number of nitrogens with zero attached hydrogens (tertiary/aromatic N) is 1. The van der Waals surface area contributed by atoms with Crippen LogP contribution >= 0.6 is 0 Å². The Bertz CT molecular complexity index is 3260. The number of hydrogen-bond acceptors (Lipinski definition) is 1. The molecule has 314 valence electrons. The topological polar surface area (TPSA) is 17.0 Å². The van der Waals surface area contributed by atoms with Crippen LogP contribution in [0.25, 0.3) is 60.9 Å². The molecule has 3 aliphatic rings. The van der Waals surface area contributed by atoms with E-state index >= 15 is 0 Å². The van der Waals surface area contributed by atoms with Crippen LogP contribution in [0.4, 0.5) is 11.4 Å². The summed E-state index contributed by atoms with van der Waals surface area (Å²) >= 11 is 0. The molecule has 0 bridgehead atoms. The molecule has 1 aliphatic heterocycles. The summed E-state index contributed by atoms with van der Waals surface area (Å²) in [5, 5.41) is 6.77. The molecule has 0 spiro atoms. The predicted octanol–water partition coefficient (Wildman–Crippen LogP) is 14.4. The second-order valence-electron chi connectivity index (χ2n) is 23.2. The third kappa shape index (κ3) is 5.70. The van der Waals surface area contributed by atoms with Crippen LogP contribution in [0, 0.1) is 0 Å². The first-order chi connectivity index (χ1) is 29.7. The van der Waals surface area contributed by atoms with Crippen molar-refractivity contribution in [1.82, 2.24) is 4.57 Å². The van der Waals surface area contributed by atoms with Gasteiger partial charge in [-0.2, -0.15) is 0 Å². The van der Waals surface area contributed by atoms with Gasteiger partial charge < -0.3 is 9.88 Å². The number of rotatable bonds is 3. The minimum absolute atomic E-state index is 0.00100. The highest BCUT2D eigenvalue weighted by atomic mass is 15.0. The average molecular weight is 821 g/mol. The molecule has 2 heterocycles. The van der Waals surface area contributed by atoms with Gasteiger partial charge in [-0.3, -0.25) is 0 Å². The van der Waals surface area contributed by atoms with Crippen LogP contribution in [-0.4, -0.2) is 11.8 Å². The fourth-order valence-electron chi connectivity index (χ4n) is 11.7. The molecule has 7 aromatic carbocycles. The van der Waals surface area contributed by atoms with Crippen LogP contribution in [0.2, 0.25) is 0 Å². The van der Waals surface area contributed by atoms with E-state index in [-0.39, 0.29) is 27.1 Å². The Morgan fingerprint density at radius 3 is 1.76 bits per heavy atom. The summed E-state index contributed by atoms with van der Waals surface area (Å²) in [6.07, 6.45) is 0. The quantitative estimate of drug-likeness (QED) is 0.176. The highest BCUT2D eigenvalue weighted by Crippen LogP contribution is 2.58. The Kier molecular flexibility index (Phi) is 8.20. The SMILES string of the molecule is CC(C)(C)c1ccc(Nc2ccc(C(C)(C)C)cc2-c2c3c(c4c5cc(C(C)(C)C)ccc5n5c4c2Bc2cc4c(cc2-5)-c2ccccc2C4(C)C)-c2ccccc2C3(C)C)cc1. The normalized spacial score (nSPS) is 15.4. The summed E-state index contributed by atoms with van der Waals surface area (Å²) < 4.78 is 2.68. The number of fused-ring (bicyclic) bond motifs is 12. The number of anilines is 2. The van der Waals surface area contributed by atoms with Crippen LogP contribution in [0.1, 0.15) is 129 Å². The third-order valence-electron chi connectivity index (χ3n) is 15.2. The van der Waals surface area contributed by atoms with Crippen molar-refractivity contribution in [1.29, 1.82) is 0 Å². The first-order valence-electron chi connectivity index (χ1n) is 23.2. The van der Waals surface area contributed by atoms with Gasteiger partial charge >= 0.3 is 0 Å². The van der Waals surface area contributed by atoms with E-state index in [1.165, 1.54) is 111 Å². The first-order valence-corrected chi connectivity index (χ1v) is 23.2. The van der Waals surface area contributed by atoms with Crippen molar-refractivity contribution in [2.75, 3.05) is 5.32 Å². The molecule has 1 N–H and O–H groups in total. The van der Waals surface area contributed by atoms with E-state index in [2.05, 4.69) is 221 Å². The van der Waals surface area contributed by atoms with Gasteiger partial charge in [0.25, 0.3) is 0 Å². The van der Waals surface area contributed by atoms with Crippen molar-refractivity contribution < 1.29 is 0 Å². The molecule has 0 radical (unpaired) electrons. The molecule has 63 heavy (non-hydrogen) atoms. The standard InChI is InChI=1S/C60H61BN2/c1-56(2,3)34-22-26-37(27-23-34)62-47-28-24-35(57(4,5)6)30-41(47)52-53-50(39-19-15-17-21-44(39)60(53,12)13)51-42-31-36(58(7,8)9)25-29-48(42)63-49-32-40-38-18-14-16-20-43(38)59(10,11)45(40)33-46(49)61-54(52)55(51)63/h14-33,61-62H,1-13H3. The zero-order chi connectivity index (χ0) is 44.3. The van der Waals surface area contributed by atoms with E-state index in [1.54, 1.807) is 0 Å². The van der Waals surface area contributed by atoms with Gasteiger partial charge in [0, 0.05) is 49.7 Å². The highest BCUT2D eigenvalue weighted by molar-refractivity contribution is 6.74. The average Bonchev–Trinajstić information content (AvgIpc) is 3.77. The van der Waals surface area contributed by atoms with Gasteiger partial charge in [0.1, 0.15) is 0 Å². The number of hydrogen-bond donors (Lipinski definition) is 1. The maximum absolute atomic E-state index is 4.02. The van der Waals surface area contributed by atoms with Gasteiger partial charge in [0.15, 0.2) is 7.28 Å². The van der Waals surface area contributed by atoms with Crippen LogP contribution < -0.4 is 16.2 Å². The molecule has 0 fully saturated rings. The lowest BCUT2D eigenvalue weighted by molar-refractivity contribution is 0.590. The maximum atomic E-state index is 4.02. The summed E-state index contributed by atoms with van der Waals surface area (Å²) in [5.74, 6) is 0. The number of nitrogens with one attached hydrogen (secondary N) is 1. The predicted molar refractivity (Wildman–Crippen MR) is 274 cm³/mol. The van der Waals surface area contributed by atoms with Crippen LogP contribution in [0.3, 0.4) is 0 Å². The van der Waals surface area contributed by atoms with Gasteiger partial charge in [0.05, 0.1) is 5.52 Å². The summed E-state index contributed by atoms with van der Waals surface area (Å²) in [5.41, 5.74) is 26.6. The molecule has 8 aromatic rings. The monoisotopic (exact) mass is 820 g/mol. The molecular formula is C60H61BN2. The Labute approximate surface area is 376 Å². The molecule has 3 heteroatoms. The fourth-order valence-corrected chi connectivity index (χ4v) is 11.7. The van der Waals surface area contributed by atoms with Crippen LogP contribution in [0.5, 0.6) is 0 Å². The van der Waals surface area contributed by atoms with Crippen molar-refractivity contribution in [2.24, 2.45) is 0 Å². The highest BCUT2D eigenvalue weighted by Gasteiger charge is 2.44. The van der Waals surface area contributed by atoms with Crippen molar-refractivity contribution >= 4 is 51.4 Å². The van der Waals surface area contributed by atoms with Crippen LogP contribution in [0.15, 0.2) is 121 Å². The maximum Gasteiger partial charge on any atom is 0.198 e. The molecule has 0 atom stereocenters. The minimum atomic E-state index is -0.257. The summed E-state index contributed by atoms with van der Waals surface area (Å²) in [6.45, 7) is 30.8. The number of benzene rings is 7. The minimum Gasteiger partial charge on any atom is -0.355 e. The molecule has 1 aromatic heterocycles. The van der Waals surface area contributed by atoms with Gasteiger partial charge in [0.2, 0.25) is 0 Å². The Balaban J connectivity index is 1.30. The lowest BCUT2D eigenvalue weighted by Gasteiger charge is -2.32. The lowest BCUT2D eigenvalue weighted by atomic mass is 9.56. The van der Waals surface area contributed by atoms with Crippen molar-refractivity contribution in [3.8, 4) is 39.1 Å². The summed E-state index contributed by atoms with van der Waals surface area (Å²) in [7, 11) is 0.850. The molecule has 2 nitrogen and oxygen atoms in total. The van der Waals surface area contributed by atoms with Gasteiger partial charge in [-0.25, -0.2) is 0 Å². The summed E-state index contributed by atoms with van der Waals surface area (Å²) in [4.78, 5) is 0. The van der Waals surface area contributed by atoms with E-state index < -0.39 is 0 Å². The van der Waals surface area contributed by atoms with E-state index in [9.17, 15) is 0 Å². The Morgan fingerprint density at radius 2 is 1.10 bits per heavy atom. The van der Waals surface area contributed by atoms with Gasteiger partial charge in [-0.05, 0) is 131 Å². The van der Waals surface area contributed by atoms with Gasteiger partial charge in [-0.15, -0.1) is 0 Å². The molecule has 0 amide bonds. The molecule has 0 saturated heterocycles. The lowest BCUT2D eigenvalue weighted by Crippen LogP contribution is -2.39. The molecule has 0 saturated carbocycles. The largest absolute Gasteiger partial charge is 0.355 e. The van der Waals surface area contributed by atoms with E-state index in [1.807, 2.05) is 0 Å². The first kappa shape index (κ1) is 40.0. The van der Waals surface area contributed by atoms with Crippen molar-refractivity contribution in [3.63, 3.8) is 0 Å². The Morgan fingerprint density at radius 1 is 0.508 bits per heavy atom. The zero-order valence-electron chi connectivity index (χ0n) is 39.7. The zero-order valence-corrected chi connectivity index (χ0v) is 39.7.